The summed E-state index contributed by atoms with van der Waals surface area (Å²) in [5, 5.41) is 12.7. The number of nitrogens with zero attached hydrogens (tertiary/aromatic N) is 3. The first kappa shape index (κ1) is 28.7. The van der Waals surface area contributed by atoms with Crippen molar-refractivity contribution in [3.63, 3.8) is 0 Å². The van der Waals surface area contributed by atoms with E-state index >= 15 is 0 Å². The van der Waals surface area contributed by atoms with Crippen molar-refractivity contribution in [2.24, 2.45) is 5.92 Å². The molecule has 0 bridgehead atoms. The SMILES string of the molecule is COCCCc1ccc(Cl)c(CN(C(=O)C(Cc2cccnc2N)CN(C(=O)[O-])C(C)(C)C)C2CC2)c1. The molecular weight excluding hydrogens is 492 g/mol. The van der Waals surface area contributed by atoms with Crippen LogP contribution in [0, 0.1) is 5.92 Å². The van der Waals surface area contributed by atoms with Gasteiger partial charge in [0.25, 0.3) is 0 Å². The van der Waals surface area contributed by atoms with E-state index in [1.165, 1.54) is 4.90 Å². The molecular formula is C28H38ClN4O4-. The van der Waals surface area contributed by atoms with E-state index in [1.54, 1.807) is 40.1 Å². The highest BCUT2D eigenvalue weighted by molar-refractivity contribution is 6.31. The van der Waals surface area contributed by atoms with Gasteiger partial charge in [-0.3, -0.25) is 4.79 Å². The van der Waals surface area contributed by atoms with E-state index in [-0.39, 0.29) is 24.9 Å². The normalized spacial score (nSPS) is 14.3. The van der Waals surface area contributed by atoms with Gasteiger partial charge in [-0.15, -0.1) is 0 Å². The Morgan fingerprint density at radius 2 is 1.97 bits per heavy atom. The van der Waals surface area contributed by atoms with Gasteiger partial charge in [-0.2, -0.15) is 0 Å². The average molecular weight is 530 g/mol. The van der Waals surface area contributed by atoms with Gasteiger partial charge in [0.1, 0.15) is 11.9 Å². The molecule has 8 nitrogen and oxygen atoms in total. The second kappa shape index (κ2) is 12.6. The fraction of sp³-hybridized carbons (Fsp3) is 0.536. The van der Waals surface area contributed by atoms with Crippen LogP contribution in [0.4, 0.5) is 10.6 Å². The molecule has 0 saturated heterocycles. The number of amides is 2. The van der Waals surface area contributed by atoms with Crippen molar-refractivity contribution in [1.82, 2.24) is 14.8 Å². The number of pyridine rings is 1. The minimum absolute atomic E-state index is 0.00693. The lowest BCUT2D eigenvalue weighted by Gasteiger charge is -2.41. The van der Waals surface area contributed by atoms with Crippen LogP contribution in [0.15, 0.2) is 36.5 Å². The fourth-order valence-electron chi connectivity index (χ4n) is 4.48. The van der Waals surface area contributed by atoms with Crippen LogP contribution in [-0.2, 0) is 28.9 Å². The van der Waals surface area contributed by atoms with Gasteiger partial charge in [-0.05, 0) is 81.7 Å². The summed E-state index contributed by atoms with van der Waals surface area (Å²) in [6.45, 7) is 6.39. The lowest BCUT2D eigenvalue weighted by atomic mass is 9.94. The van der Waals surface area contributed by atoms with Crippen molar-refractivity contribution >= 4 is 29.4 Å². The number of ether oxygens (including phenoxy) is 1. The van der Waals surface area contributed by atoms with E-state index in [0.29, 0.717) is 29.6 Å². The topological polar surface area (TPSA) is 112 Å². The highest BCUT2D eigenvalue weighted by Crippen LogP contribution is 2.33. The number of methoxy groups -OCH3 is 1. The van der Waals surface area contributed by atoms with Crippen LogP contribution in [0.2, 0.25) is 5.02 Å². The number of halogens is 1. The maximum atomic E-state index is 14.1. The summed E-state index contributed by atoms with van der Waals surface area (Å²) in [4.78, 5) is 33.4. The zero-order chi connectivity index (χ0) is 27.2. The number of carbonyl (C=O) groups is 2. The van der Waals surface area contributed by atoms with Crippen LogP contribution in [-0.4, -0.2) is 58.6 Å². The molecule has 1 heterocycles. The smallest absolute Gasteiger partial charge is 0.228 e. The molecule has 37 heavy (non-hydrogen) atoms. The van der Waals surface area contributed by atoms with Crippen molar-refractivity contribution in [3.8, 4) is 0 Å². The number of nitrogens with two attached hydrogens (primary N) is 1. The summed E-state index contributed by atoms with van der Waals surface area (Å²) in [7, 11) is 1.68. The fourth-order valence-corrected chi connectivity index (χ4v) is 4.66. The maximum absolute atomic E-state index is 14.1. The van der Waals surface area contributed by atoms with E-state index < -0.39 is 17.6 Å². The van der Waals surface area contributed by atoms with E-state index in [9.17, 15) is 14.7 Å². The molecule has 0 aliphatic heterocycles. The van der Waals surface area contributed by atoms with Crippen LogP contribution >= 0.6 is 11.6 Å². The minimum Gasteiger partial charge on any atom is -0.530 e. The first-order valence-corrected chi connectivity index (χ1v) is 13.1. The molecule has 2 N–H and O–H groups in total. The van der Waals surface area contributed by atoms with Crippen LogP contribution in [0.5, 0.6) is 0 Å². The number of benzene rings is 1. The van der Waals surface area contributed by atoms with Crippen LogP contribution in [0.25, 0.3) is 0 Å². The lowest BCUT2D eigenvalue weighted by Crippen LogP contribution is -2.55. The number of anilines is 1. The first-order chi connectivity index (χ1) is 17.5. The molecule has 0 spiro atoms. The molecule has 0 radical (unpaired) electrons. The van der Waals surface area contributed by atoms with Crippen molar-refractivity contribution < 1.29 is 19.4 Å². The third-order valence-corrected chi connectivity index (χ3v) is 7.08. The molecule has 9 heteroatoms. The van der Waals surface area contributed by atoms with Gasteiger partial charge in [0.05, 0.1) is 5.92 Å². The number of aryl methyl sites for hydroxylation is 1. The predicted octanol–water partition coefficient (Wildman–Crippen LogP) is 3.69. The van der Waals surface area contributed by atoms with Crippen LogP contribution in [0.1, 0.15) is 56.7 Å². The minimum atomic E-state index is -1.31. The number of carbonyl (C=O) groups excluding carboxylic acids is 2. The van der Waals surface area contributed by atoms with Crippen molar-refractivity contribution in [2.45, 2.75) is 71.0 Å². The lowest BCUT2D eigenvalue weighted by molar-refractivity contribution is -0.271. The molecule has 1 aliphatic rings. The summed E-state index contributed by atoms with van der Waals surface area (Å²) < 4.78 is 5.17. The standard InChI is InChI=1S/C28H39ClN4O4/c1-28(2,3)33(27(35)36)18-22(16-20-8-5-13-31-25(20)30)26(34)32(23-10-11-23)17-21-15-19(7-6-14-37-4)9-12-24(21)29/h5,8-9,12-13,15,22-23H,6-7,10-11,14,16-18H2,1-4H3,(H2,30,31)(H,35,36)/p-1. The Hall–Kier alpha value is -2.84. The quantitative estimate of drug-likeness (QED) is 0.420. The van der Waals surface area contributed by atoms with E-state index in [0.717, 1.165) is 36.8 Å². The summed E-state index contributed by atoms with van der Waals surface area (Å²) in [5.41, 5.74) is 8.09. The van der Waals surface area contributed by atoms with E-state index in [4.69, 9.17) is 22.1 Å². The van der Waals surface area contributed by atoms with Crippen molar-refractivity contribution in [2.75, 3.05) is 26.0 Å². The Labute approximate surface area is 224 Å². The Morgan fingerprint density at radius 1 is 1.24 bits per heavy atom. The molecule has 1 fully saturated rings. The maximum Gasteiger partial charge on any atom is 0.228 e. The number of carboxylic acid groups (broad SMARTS) is 1. The molecule has 3 rings (SSSR count). The molecule has 1 unspecified atom stereocenters. The molecule has 202 valence electrons. The highest BCUT2D eigenvalue weighted by Gasteiger charge is 2.38. The number of rotatable bonds is 12. The zero-order valence-electron chi connectivity index (χ0n) is 22.2. The third kappa shape index (κ3) is 8.07. The van der Waals surface area contributed by atoms with Crippen molar-refractivity contribution in [3.05, 3.63) is 58.2 Å². The van der Waals surface area contributed by atoms with Gasteiger partial charge in [0, 0.05) is 49.6 Å². The average Bonchev–Trinajstić information content (AvgIpc) is 3.67. The third-order valence-electron chi connectivity index (χ3n) is 6.71. The molecule has 1 aromatic carbocycles. The Morgan fingerprint density at radius 3 is 2.57 bits per heavy atom. The first-order valence-electron chi connectivity index (χ1n) is 12.8. The van der Waals surface area contributed by atoms with Gasteiger partial charge >= 0.3 is 0 Å². The largest absolute Gasteiger partial charge is 0.530 e. The molecule has 1 atom stereocenters. The van der Waals surface area contributed by atoms with Crippen LogP contribution in [0.3, 0.4) is 0 Å². The Bertz CT molecular complexity index is 1080. The molecule has 1 saturated carbocycles. The number of nitrogen functional groups attached to an aromatic ring is 1. The summed E-state index contributed by atoms with van der Waals surface area (Å²) in [5.74, 6) is -0.448. The van der Waals surface area contributed by atoms with Gasteiger partial charge in [-0.1, -0.05) is 29.8 Å². The summed E-state index contributed by atoms with van der Waals surface area (Å²) in [6.07, 6.45) is 4.11. The van der Waals surface area contributed by atoms with Gasteiger partial charge in [0.15, 0.2) is 0 Å². The van der Waals surface area contributed by atoms with Crippen LogP contribution < -0.4 is 10.8 Å². The monoisotopic (exact) mass is 529 g/mol. The number of hydrogen-bond donors (Lipinski definition) is 1. The highest BCUT2D eigenvalue weighted by atomic mass is 35.5. The second-order valence-electron chi connectivity index (χ2n) is 10.7. The Kier molecular flexibility index (Phi) is 9.79. The van der Waals surface area contributed by atoms with Gasteiger partial charge in [0.2, 0.25) is 5.91 Å². The number of hydrogen-bond acceptors (Lipinski definition) is 6. The second-order valence-corrected chi connectivity index (χ2v) is 11.1. The molecule has 1 aromatic heterocycles. The number of aromatic nitrogens is 1. The van der Waals surface area contributed by atoms with Crippen molar-refractivity contribution in [1.29, 1.82) is 0 Å². The molecule has 2 amide bonds. The van der Waals surface area contributed by atoms with Gasteiger partial charge < -0.3 is 30.2 Å². The molecule has 2 aromatic rings. The summed E-state index contributed by atoms with van der Waals surface area (Å²) >= 11 is 6.57. The van der Waals surface area contributed by atoms with E-state index in [2.05, 4.69) is 11.1 Å². The van der Waals surface area contributed by atoms with E-state index in [1.807, 2.05) is 23.1 Å². The predicted molar refractivity (Wildman–Crippen MR) is 143 cm³/mol. The summed E-state index contributed by atoms with van der Waals surface area (Å²) in [6, 6.07) is 9.61. The van der Waals surface area contributed by atoms with Gasteiger partial charge in [-0.25, -0.2) is 4.98 Å². The molecule has 1 aliphatic carbocycles. The Balaban J connectivity index is 1.90. The zero-order valence-corrected chi connectivity index (χ0v) is 23.0.